The van der Waals surface area contributed by atoms with Crippen LogP contribution < -0.4 is 10.6 Å². The number of aromatic nitrogens is 1. The van der Waals surface area contributed by atoms with Gasteiger partial charge in [0.1, 0.15) is 6.04 Å². The summed E-state index contributed by atoms with van der Waals surface area (Å²) in [4.78, 5) is 14.9. The van der Waals surface area contributed by atoms with Crippen molar-refractivity contribution in [1.29, 1.82) is 0 Å². The average Bonchev–Trinajstić information content (AvgIpc) is 2.75. The predicted octanol–water partition coefficient (Wildman–Crippen LogP) is 1.06. The molecule has 1 aliphatic carbocycles. The summed E-state index contributed by atoms with van der Waals surface area (Å²) < 4.78 is 0. The van der Waals surface area contributed by atoms with Gasteiger partial charge in [-0.3, -0.25) is 4.79 Å². The Morgan fingerprint density at radius 3 is 3.06 bits per heavy atom. The van der Waals surface area contributed by atoms with E-state index in [1.165, 1.54) is 11.1 Å². The molecule has 1 aromatic rings. The Hall–Kier alpha value is -1.88. The maximum absolute atomic E-state index is 11.6. The van der Waals surface area contributed by atoms with Crippen LogP contribution in [0.2, 0.25) is 0 Å². The van der Waals surface area contributed by atoms with E-state index in [0.717, 1.165) is 12.1 Å². The molecule has 2 aliphatic rings. The summed E-state index contributed by atoms with van der Waals surface area (Å²) in [6.07, 6.45) is 11.7. The molecule has 0 aromatic carbocycles. The lowest BCUT2D eigenvalue weighted by molar-refractivity contribution is -0.120. The Balaban J connectivity index is 1.84. The average molecular weight is 259 g/mol. The number of allylic oxidation sites excluding steroid dienone is 3. The summed E-state index contributed by atoms with van der Waals surface area (Å²) in [5.41, 5.74) is 3.54. The van der Waals surface area contributed by atoms with Gasteiger partial charge in [0.15, 0.2) is 5.11 Å². The third-order valence-corrected chi connectivity index (χ3v) is 3.45. The maximum atomic E-state index is 11.6. The Kier molecular flexibility index (Phi) is 2.76. The van der Waals surface area contributed by atoms with Gasteiger partial charge in [-0.25, -0.2) is 0 Å². The lowest BCUT2D eigenvalue weighted by Crippen LogP contribution is -2.31. The van der Waals surface area contributed by atoms with Gasteiger partial charge in [0.2, 0.25) is 5.91 Å². The minimum Gasteiger partial charge on any atom is -0.361 e. The van der Waals surface area contributed by atoms with Crippen LogP contribution in [0.4, 0.5) is 0 Å². The molecule has 3 N–H and O–H groups in total. The highest BCUT2D eigenvalue weighted by Crippen LogP contribution is 2.21. The van der Waals surface area contributed by atoms with Gasteiger partial charge < -0.3 is 15.6 Å². The topological polar surface area (TPSA) is 56.9 Å². The van der Waals surface area contributed by atoms with Crippen molar-refractivity contribution in [2.75, 3.05) is 0 Å². The van der Waals surface area contributed by atoms with Gasteiger partial charge in [0, 0.05) is 18.3 Å². The van der Waals surface area contributed by atoms with E-state index in [9.17, 15) is 4.79 Å². The van der Waals surface area contributed by atoms with Crippen LogP contribution in [0.1, 0.15) is 16.8 Å². The molecule has 2 heterocycles. The minimum atomic E-state index is -0.256. The fraction of sp³-hybridized carbons (Fsp3) is 0.231. The Morgan fingerprint density at radius 2 is 2.28 bits per heavy atom. The lowest BCUT2D eigenvalue weighted by atomic mass is 10.0. The van der Waals surface area contributed by atoms with E-state index in [1.807, 2.05) is 18.3 Å². The molecule has 1 aliphatic heterocycles. The van der Waals surface area contributed by atoms with Gasteiger partial charge >= 0.3 is 0 Å². The molecule has 0 saturated carbocycles. The predicted molar refractivity (Wildman–Crippen MR) is 74.0 cm³/mol. The van der Waals surface area contributed by atoms with Gasteiger partial charge in [-0.05, 0) is 35.8 Å². The van der Waals surface area contributed by atoms with E-state index in [4.69, 9.17) is 12.2 Å². The van der Waals surface area contributed by atoms with Gasteiger partial charge in [-0.15, -0.1) is 0 Å². The molecular weight excluding hydrogens is 246 g/mol. The van der Waals surface area contributed by atoms with Crippen molar-refractivity contribution in [3.63, 3.8) is 0 Å². The second-order valence-electron chi connectivity index (χ2n) is 4.42. The molecule has 4 nitrogen and oxygen atoms in total. The molecule has 0 radical (unpaired) electrons. The monoisotopic (exact) mass is 259 g/mol. The van der Waals surface area contributed by atoms with E-state index in [1.54, 1.807) is 0 Å². The Bertz CT molecular complexity index is 571. The molecule has 1 atom stereocenters. The van der Waals surface area contributed by atoms with Gasteiger partial charge in [0.25, 0.3) is 0 Å². The number of H-pyrrole nitrogens is 1. The first-order valence-electron chi connectivity index (χ1n) is 5.88. The fourth-order valence-electron chi connectivity index (χ4n) is 2.32. The highest BCUT2D eigenvalue weighted by atomic mass is 32.1. The zero-order valence-electron chi connectivity index (χ0n) is 9.69. The van der Waals surface area contributed by atoms with E-state index in [0.29, 0.717) is 11.5 Å². The van der Waals surface area contributed by atoms with Crippen LogP contribution >= 0.6 is 12.2 Å². The van der Waals surface area contributed by atoms with Crippen molar-refractivity contribution < 1.29 is 4.79 Å². The number of hydrogen-bond acceptors (Lipinski definition) is 2. The highest BCUT2D eigenvalue weighted by Gasteiger charge is 2.28. The molecule has 5 heteroatoms. The molecule has 0 bridgehead atoms. The molecule has 3 rings (SSSR count). The number of amides is 1. The van der Waals surface area contributed by atoms with Crippen molar-refractivity contribution in [3.05, 3.63) is 41.2 Å². The van der Waals surface area contributed by atoms with Gasteiger partial charge in [0.05, 0.1) is 0 Å². The number of hydrogen-bond donors (Lipinski definition) is 3. The number of fused-ring (bicyclic) bond motifs is 1. The van der Waals surface area contributed by atoms with Crippen LogP contribution in [0.25, 0.3) is 6.08 Å². The van der Waals surface area contributed by atoms with Crippen LogP contribution in [-0.4, -0.2) is 22.0 Å². The second-order valence-corrected chi connectivity index (χ2v) is 4.83. The zero-order chi connectivity index (χ0) is 12.5. The van der Waals surface area contributed by atoms with Crippen LogP contribution in [-0.2, 0) is 17.6 Å². The summed E-state index contributed by atoms with van der Waals surface area (Å²) in [5.74, 6) is -0.0466. The Labute approximate surface area is 110 Å². The van der Waals surface area contributed by atoms with Crippen LogP contribution in [0.3, 0.4) is 0 Å². The smallest absolute Gasteiger partial charge is 0.249 e. The molecule has 1 aromatic heterocycles. The van der Waals surface area contributed by atoms with Crippen LogP contribution in [0.5, 0.6) is 0 Å². The fourth-order valence-corrected chi connectivity index (χ4v) is 2.57. The minimum absolute atomic E-state index is 0.0466. The van der Waals surface area contributed by atoms with Crippen molar-refractivity contribution in [1.82, 2.24) is 15.6 Å². The molecule has 92 valence electrons. The molecule has 0 spiro atoms. The molecular formula is C13H13N3OS. The van der Waals surface area contributed by atoms with Crippen LogP contribution in [0.15, 0.2) is 24.4 Å². The second kappa shape index (κ2) is 4.42. The normalized spacial score (nSPS) is 21.4. The number of nitrogens with one attached hydrogen (secondary N) is 3. The summed E-state index contributed by atoms with van der Waals surface area (Å²) in [6.45, 7) is 0. The number of thiocarbonyl (C=S) groups is 1. The lowest BCUT2D eigenvalue weighted by Gasteiger charge is -2.08. The molecule has 1 unspecified atom stereocenters. The number of carbonyl (C=O) groups excluding carboxylic acids is 1. The van der Waals surface area contributed by atoms with Gasteiger partial charge in [-0.1, -0.05) is 18.2 Å². The first-order valence-corrected chi connectivity index (χ1v) is 6.28. The zero-order valence-corrected chi connectivity index (χ0v) is 10.5. The number of rotatable bonds is 2. The SMILES string of the molecule is O=C1NC(=S)NC1Cc1c[nH]c2c1CC=CC=C2. The van der Waals surface area contributed by atoms with E-state index < -0.39 is 0 Å². The third-order valence-electron chi connectivity index (χ3n) is 3.23. The molecule has 1 amide bonds. The highest BCUT2D eigenvalue weighted by molar-refractivity contribution is 7.80. The maximum Gasteiger partial charge on any atom is 0.249 e. The molecule has 1 fully saturated rings. The first kappa shape index (κ1) is 11.2. The van der Waals surface area contributed by atoms with Crippen molar-refractivity contribution in [3.8, 4) is 0 Å². The Morgan fingerprint density at radius 1 is 1.39 bits per heavy atom. The number of aromatic amines is 1. The summed E-state index contributed by atoms with van der Waals surface area (Å²) in [6, 6.07) is -0.256. The van der Waals surface area contributed by atoms with E-state index >= 15 is 0 Å². The summed E-state index contributed by atoms with van der Waals surface area (Å²) in [5, 5.41) is 6.02. The van der Waals surface area contributed by atoms with E-state index in [2.05, 4.69) is 27.8 Å². The largest absolute Gasteiger partial charge is 0.361 e. The van der Waals surface area contributed by atoms with Crippen molar-refractivity contribution in [2.24, 2.45) is 0 Å². The van der Waals surface area contributed by atoms with Gasteiger partial charge in [-0.2, -0.15) is 0 Å². The van der Waals surface area contributed by atoms with Crippen LogP contribution in [0, 0.1) is 0 Å². The van der Waals surface area contributed by atoms with Crippen molar-refractivity contribution >= 4 is 29.3 Å². The summed E-state index contributed by atoms with van der Waals surface area (Å²) in [7, 11) is 0. The first-order chi connectivity index (χ1) is 8.74. The summed E-state index contributed by atoms with van der Waals surface area (Å²) >= 11 is 4.94. The standard InChI is InChI=1S/C13H13N3OS/c17-12-11(15-13(18)16-12)6-8-7-14-10-5-3-1-2-4-9(8)10/h1-3,5,7,11,14H,4,6H2,(H2,15,16,17,18). The molecule has 1 saturated heterocycles. The third kappa shape index (κ3) is 1.97. The molecule has 18 heavy (non-hydrogen) atoms. The van der Waals surface area contributed by atoms with Crippen molar-refractivity contribution in [2.45, 2.75) is 18.9 Å². The van der Waals surface area contributed by atoms with E-state index in [-0.39, 0.29) is 11.9 Å². The number of carbonyl (C=O) groups is 1. The quantitative estimate of drug-likeness (QED) is 0.696.